The van der Waals surface area contributed by atoms with E-state index in [1.807, 2.05) is 60.7 Å². The lowest BCUT2D eigenvalue weighted by molar-refractivity contribution is 0.250. The number of carbonyl (C=O) groups excluding carboxylic acids is 2. The first-order valence-electron chi connectivity index (χ1n) is 6.42. The molecule has 0 aliphatic carbocycles. The van der Waals surface area contributed by atoms with Crippen LogP contribution in [0.5, 0.6) is 0 Å². The average molecular weight is 317 g/mol. The van der Waals surface area contributed by atoms with Gasteiger partial charge in [-0.15, -0.1) is 0 Å². The second-order valence-corrected chi connectivity index (χ2v) is 6.14. The summed E-state index contributed by atoms with van der Waals surface area (Å²) < 4.78 is 0. The van der Waals surface area contributed by atoms with Crippen LogP contribution in [0.15, 0.2) is 60.7 Å². The Bertz CT molecular complexity index is 534. The van der Waals surface area contributed by atoms with Gasteiger partial charge in [0.05, 0.1) is 0 Å². The quantitative estimate of drug-likeness (QED) is 0.889. The number of nitrogens with one attached hydrogen (secondary N) is 1. The second-order valence-electron chi connectivity index (χ2n) is 4.25. The predicted molar refractivity (Wildman–Crippen MR) is 89.4 cm³/mol. The highest BCUT2D eigenvalue weighted by Crippen LogP contribution is 2.15. The zero-order chi connectivity index (χ0) is 14.9. The third-order valence-electron chi connectivity index (χ3n) is 2.63. The van der Waals surface area contributed by atoms with Crippen LogP contribution in [-0.2, 0) is 11.5 Å². The van der Waals surface area contributed by atoms with E-state index in [4.69, 9.17) is 0 Å². The standard InChI is InChI=1S/C16H15NO2S2/c18-15(20-11-13-7-3-1-4-8-13)17-16(19)21-12-14-9-5-2-6-10-14/h1-10H,11-12H2,(H,17,18,19). The molecule has 2 aromatic rings. The molecule has 5 heteroatoms. The number of imide groups is 1. The molecule has 0 aromatic heterocycles. The predicted octanol–water partition coefficient (Wildman–Crippen LogP) is 4.68. The van der Waals surface area contributed by atoms with E-state index < -0.39 is 0 Å². The molecule has 2 aromatic carbocycles. The zero-order valence-electron chi connectivity index (χ0n) is 11.3. The Morgan fingerprint density at radius 2 is 1.10 bits per heavy atom. The van der Waals surface area contributed by atoms with Crippen molar-refractivity contribution in [3.63, 3.8) is 0 Å². The first-order chi connectivity index (χ1) is 10.2. The summed E-state index contributed by atoms with van der Waals surface area (Å²) >= 11 is 2.19. The summed E-state index contributed by atoms with van der Waals surface area (Å²) in [7, 11) is 0. The van der Waals surface area contributed by atoms with Gasteiger partial charge in [-0.05, 0) is 11.1 Å². The van der Waals surface area contributed by atoms with Crippen LogP contribution in [0.25, 0.3) is 0 Å². The van der Waals surface area contributed by atoms with Gasteiger partial charge in [-0.1, -0.05) is 84.2 Å². The fourth-order valence-electron chi connectivity index (χ4n) is 1.60. The molecule has 0 bridgehead atoms. The van der Waals surface area contributed by atoms with Crippen molar-refractivity contribution >= 4 is 34.0 Å². The number of rotatable bonds is 4. The molecule has 3 nitrogen and oxygen atoms in total. The molecule has 108 valence electrons. The number of hydrogen-bond acceptors (Lipinski definition) is 4. The van der Waals surface area contributed by atoms with Gasteiger partial charge < -0.3 is 0 Å². The van der Waals surface area contributed by atoms with Crippen LogP contribution in [0.2, 0.25) is 0 Å². The molecule has 0 unspecified atom stereocenters. The Balaban J connectivity index is 1.69. The largest absolute Gasteiger partial charge is 0.286 e. The van der Waals surface area contributed by atoms with Gasteiger partial charge in [-0.3, -0.25) is 14.9 Å². The van der Waals surface area contributed by atoms with Gasteiger partial charge in [-0.2, -0.15) is 0 Å². The van der Waals surface area contributed by atoms with E-state index in [9.17, 15) is 9.59 Å². The lowest BCUT2D eigenvalue weighted by Crippen LogP contribution is -2.23. The van der Waals surface area contributed by atoms with Crippen LogP contribution in [-0.4, -0.2) is 10.5 Å². The van der Waals surface area contributed by atoms with Crippen LogP contribution in [0.3, 0.4) is 0 Å². The fourth-order valence-corrected chi connectivity index (χ4v) is 2.98. The van der Waals surface area contributed by atoms with Crippen molar-refractivity contribution < 1.29 is 9.59 Å². The van der Waals surface area contributed by atoms with Gasteiger partial charge in [0, 0.05) is 11.5 Å². The van der Waals surface area contributed by atoms with Crippen LogP contribution < -0.4 is 5.32 Å². The molecule has 0 heterocycles. The minimum absolute atomic E-state index is 0.315. The summed E-state index contributed by atoms with van der Waals surface area (Å²) in [5.41, 5.74) is 2.11. The normalized spacial score (nSPS) is 10.1. The molecule has 0 aliphatic heterocycles. The monoisotopic (exact) mass is 317 g/mol. The molecule has 0 saturated heterocycles. The maximum absolute atomic E-state index is 11.7. The summed E-state index contributed by atoms with van der Waals surface area (Å²) in [5.74, 6) is 1.12. The second kappa shape index (κ2) is 8.54. The number of carbonyl (C=O) groups is 2. The van der Waals surface area contributed by atoms with Crippen LogP contribution in [0.4, 0.5) is 9.59 Å². The molecule has 0 spiro atoms. The minimum atomic E-state index is -0.315. The van der Waals surface area contributed by atoms with E-state index in [2.05, 4.69) is 5.32 Å². The van der Waals surface area contributed by atoms with Crippen molar-refractivity contribution in [3.05, 3.63) is 71.8 Å². The van der Waals surface area contributed by atoms with Gasteiger partial charge in [0.1, 0.15) is 0 Å². The van der Waals surface area contributed by atoms with Crippen LogP contribution in [0, 0.1) is 0 Å². The molecule has 0 fully saturated rings. The molecule has 0 radical (unpaired) electrons. The van der Waals surface area contributed by atoms with E-state index in [-0.39, 0.29) is 10.5 Å². The SMILES string of the molecule is O=C(NC(=O)SCc1ccccc1)SCc1ccccc1. The number of benzene rings is 2. The summed E-state index contributed by atoms with van der Waals surface area (Å²) in [6.45, 7) is 0. The van der Waals surface area contributed by atoms with Crippen molar-refractivity contribution in [1.29, 1.82) is 0 Å². The Labute approximate surface area is 132 Å². The lowest BCUT2D eigenvalue weighted by Gasteiger charge is -2.04. The Morgan fingerprint density at radius 3 is 1.48 bits per heavy atom. The summed E-state index contributed by atoms with van der Waals surface area (Å²) in [4.78, 5) is 23.3. The van der Waals surface area contributed by atoms with E-state index in [0.717, 1.165) is 34.7 Å². The van der Waals surface area contributed by atoms with E-state index in [0.29, 0.717) is 11.5 Å². The molecule has 1 N–H and O–H groups in total. The van der Waals surface area contributed by atoms with Gasteiger partial charge >= 0.3 is 0 Å². The maximum atomic E-state index is 11.7. The summed E-state index contributed by atoms with van der Waals surface area (Å²) in [6.07, 6.45) is 0. The molecular formula is C16H15NO2S2. The molecular weight excluding hydrogens is 302 g/mol. The zero-order valence-corrected chi connectivity index (χ0v) is 13.0. The summed E-state index contributed by atoms with van der Waals surface area (Å²) in [5, 5.41) is 1.74. The van der Waals surface area contributed by atoms with Crippen molar-refractivity contribution in [2.45, 2.75) is 11.5 Å². The molecule has 2 rings (SSSR count). The van der Waals surface area contributed by atoms with Crippen molar-refractivity contribution in [2.75, 3.05) is 0 Å². The van der Waals surface area contributed by atoms with Crippen molar-refractivity contribution in [2.24, 2.45) is 0 Å². The topological polar surface area (TPSA) is 46.2 Å². The van der Waals surface area contributed by atoms with E-state index >= 15 is 0 Å². The Morgan fingerprint density at radius 1 is 0.714 bits per heavy atom. The van der Waals surface area contributed by atoms with Gasteiger partial charge in [-0.25, -0.2) is 0 Å². The van der Waals surface area contributed by atoms with Crippen molar-refractivity contribution in [3.8, 4) is 0 Å². The average Bonchev–Trinajstić information content (AvgIpc) is 2.53. The Kier molecular flexibility index (Phi) is 6.37. The van der Waals surface area contributed by atoms with Crippen LogP contribution in [0.1, 0.15) is 11.1 Å². The maximum Gasteiger partial charge on any atom is 0.286 e. The highest BCUT2D eigenvalue weighted by atomic mass is 32.2. The summed E-state index contributed by atoms with van der Waals surface area (Å²) in [6, 6.07) is 19.4. The molecule has 21 heavy (non-hydrogen) atoms. The first kappa shape index (κ1) is 15.7. The van der Waals surface area contributed by atoms with Crippen molar-refractivity contribution in [1.82, 2.24) is 5.32 Å². The van der Waals surface area contributed by atoms with Gasteiger partial charge in [0.15, 0.2) is 0 Å². The molecule has 0 saturated carbocycles. The third-order valence-corrected chi connectivity index (χ3v) is 4.31. The Hall–Kier alpha value is -1.72. The van der Waals surface area contributed by atoms with Gasteiger partial charge in [0.2, 0.25) is 0 Å². The lowest BCUT2D eigenvalue weighted by atomic mass is 10.2. The van der Waals surface area contributed by atoms with Gasteiger partial charge in [0.25, 0.3) is 10.5 Å². The number of hydrogen-bond donors (Lipinski definition) is 1. The highest BCUT2D eigenvalue weighted by Gasteiger charge is 2.09. The third kappa shape index (κ3) is 6.06. The fraction of sp³-hybridized carbons (Fsp3) is 0.125. The highest BCUT2D eigenvalue weighted by molar-refractivity contribution is 8.14. The first-order valence-corrected chi connectivity index (χ1v) is 8.39. The number of thioether (sulfide) groups is 2. The smallest absolute Gasteiger partial charge is 0.278 e. The number of amides is 2. The molecule has 0 aliphatic rings. The molecule has 2 amide bonds. The minimum Gasteiger partial charge on any atom is -0.278 e. The van der Waals surface area contributed by atoms with E-state index in [1.54, 1.807) is 0 Å². The molecule has 0 atom stereocenters. The van der Waals surface area contributed by atoms with E-state index in [1.165, 1.54) is 0 Å². The van der Waals surface area contributed by atoms with Crippen LogP contribution >= 0.6 is 23.5 Å².